The molecule has 0 aromatic rings. The normalized spacial score (nSPS) is 28.4. The summed E-state index contributed by atoms with van der Waals surface area (Å²) in [6.45, 7) is 4.46. The smallest absolute Gasteiger partial charge is 0.221 e. The molecule has 0 saturated carbocycles. The highest BCUT2D eigenvalue weighted by Crippen LogP contribution is 2.26. The fourth-order valence-electron chi connectivity index (χ4n) is 3.23. The molecule has 5 nitrogen and oxygen atoms in total. The lowest BCUT2D eigenvalue weighted by Gasteiger charge is -2.29. The van der Waals surface area contributed by atoms with Gasteiger partial charge in [0, 0.05) is 37.5 Å². The number of carbonyl (C=O) groups is 2. The van der Waals surface area contributed by atoms with Gasteiger partial charge < -0.3 is 16.0 Å². The molecule has 0 aromatic carbocycles. The SMILES string of the molecule is CC(C)CC(=O)NCCC(=O)NC1CC2CCC(C1)N2. The minimum atomic E-state index is 0.0349. The monoisotopic (exact) mass is 281 g/mol. The molecule has 2 bridgehead atoms. The van der Waals surface area contributed by atoms with Crippen molar-refractivity contribution in [3.8, 4) is 0 Å². The van der Waals surface area contributed by atoms with Crippen LogP contribution in [0.15, 0.2) is 0 Å². The Labute approximate surface area is 121 Å². The standard InChI is InChI=1S/C15H27N3O2/c1-10(2)7-15(20)16-6-5-14(19)18-13-8-11-3-4-12(9-13)17-11/h10-13,17H,3-9H2,1-2H3,(H,16,20)(H,18,19). The van der Waals surface area contributed by atoms with Gasteiger partial charge in [0.05, 0.1) is 0 Å². The molecule has 2 amide bonds. The van der Waals surface area contributed by atoms with Gasteiger partial charge in [-0.3, -0.25) is 9.59 Å². The maximum Gasteiger partial charge on any atom is 0.221 e. The molecule has 3 N–H and O–H groups in total. The zero-order valence-corrected chi connectivity index (χ0v) is 12.6. The van der Waals surface area contributed by atoms with Crippen molar-refractivity contribution >= 4 is 11.8 Å². The molecular weight excluding hydrogens is 254 g/mol. The van der Waals surface area contributed by atoms with Crippen molar-refractivity contribution in [3.63, 3.8) is 0 Å². The van der Waals surface area contributed by atoms with Crippen LogP contribution < -0.4 is 16.0 Å². The second-order valence-electron chi connectivity index (χ2n) is 6.57. The topological polar surface area (TPSA) is 70.2 Å². The summed E-state index contributed by atoms with van der Waals surface area (Å²) >= 11 is 0. The van der Waals surface area contributed by atoms with Crippen LogP contribution in [0.1, 0.15) is 52.4 Å². The van der Waals surface area contributed by atoms with E-state index < -0.39 is 0 Å². The van der Waals surface area contributed by atoms with Crippen molar-refractivity contribution in [1.29, 1.82) is 0 Å². The average Bonchev–Trinajstić information content (AvgIpc) is 2.67. The van der Waals surface area contributed by atoms with Gasteiger partial charge in [0.25, 0.3) is 0 Å². The molecule has 2 aliphatic heterocycles. The highest BCUT2D eigenvalue weighted by molar-refractivity contribution is 5.79. The molecule has 2 saturated heterocycles. The third-order valence-electron chi connectivity index (χ3n) is 4.11. The number of nitrogens with one attached hydrogen (secondary N) is 3. The van der Waals surface area contributed by atoms with Crippen LogP contribution in [0, 0.1) is 5.92 Å². The fourth-order valence-corrected chi connectivity index (χ4v) is 3.23. The highest BCUT2D eigenvalue weighted by Gasteiger charge is 2.33. The largest absolute Gasteiger partial charge is 0.356 e. The van der Waals surface area contributed by atoms with E-state index in [1.165, 1.54) is 12.8 Å². The van der Waals surface area contributed by atoms with E-state index in [0.717, 1.165) is 12.8 Å². The molecule has 2 rings (SSSR count). The van der Waals surface area contributed by atoms with Gasteiger partial charge in [0.15, 0.2) is 0 Å². The maximum atomic E-state index is 11.9. The molecule has 20 heavy (non-hydrogen) atoms. The van der Waals surface area contributed by atoms with Crippen molar-refractivity contribution in [2.24, 2.45) is 5.92 Å². The molecule has 114 valence electrons. The van der Waals surface area contributed by atoms with E-state index in [1.54, 1.807) is 0 Å². The van der Waals surface area contributed by atoms with Gasteiger partial charge in [0.2, 0.25) is 11.8 Å². The Morgan fingerprint density at radius 3 is 2.40 bits per heavy atom. The summed E-state index contributed by atoms with van der Waals surface area (Å²) in [5.74, 6) is 0.447. The summed E-state index contributed by atoms with van der Waals surface area (Å²) in [6.07, 6.45) is 5.47. The number of amides is 2. The lowest BCUT2D eigenvalue weighted by molar-refractivity contribution is -0.123. The van der Waals surface area contributed by atoms with E-state index in [1.807, 2.05) is 13.8 Å². The van der Waals surface area contributed by atoms with E-state index in [0.29, 0.717) is 43.4 Å². The molecule has 0 aliphatic carbocycles. The van der Waals surface area contributed by atoms with E-state index >= 15 is 0 Å². The number of piperidine rings is 1. The first kappa shape index (κ1) is 15.3. The van der Waals surface area contributed by atoms with Crippen molar-refractivity contribution < 1.29 is 9.59 Å². The number of carbonyl (C=O) groups excluding carboxylic acids is 2. The predicted molar refractivity (Wildman–Crippen MR) is 78.2 cm³/mol. The molecule has 0 spiro atoms. The molecular formula is C15H27N3O2. The summed E-state index contributed by atoms with van der Waals surface area (Å²) in [5.41, 5.74) is 0. The Balaban J connectivity index is 1.60. The molecule has 5 heteroatoms. The minimum Gasteiger partial charge on any atom is -0.356 e. The summed E-state index contributed by atoms with van der Waals surface area (Å²) in [5, 5.41) is 9.47. The van der Waals surface area contributed by atoms with E-state index in [9.17, 15) is 9.59 Å². The Kier molecular flexibility index (Phi) is 5.40. The van der Waals surface area contributed by atoms with Crippen LogP contribution in [0.5, 0.6) is 0 Å². The summed E-state index contributed by atoms with van der Waals surface area (Å²) in [6, 6.07) is 1.49. The van der Waals surface area contributed by atoms with Gasteiger partial charge in [-0.05, 0) is 31.6 Å². The van der Waals surface area contributed by atoms with Crippen molar-refractivity contribution in [3.05, 3.63) is 0 Å². The van der Waals surface area contributed by atoms with Crippen LogP contribution in [-0.2, 0) is 9.59 Å². The molecule has 2 atom stereocenters. The Morgan fingerprint density at radius 2 is 1.80 bits per heavy atom. The highest BCUT2D eigenvalue weighted by atomic mass is 16.2. The van der Waals surface area contributed by atoms with Crippen LogP contribution in [0.3, 0.4) is 0 Å². The van der Waals surface area contributed by atoms with Gasteiger partial charge in [-0.1, -0.05) is 13.8 Å². The lowest BCUT2D eigenvalue weighted by Crippen LogP contribution is -2.48. The number of hydrogen-bond donors (Lipinski definition) is 3. The third-order valence-corrected chi connectivity index (χ3v) is 4.11. The first-order valence-corrected chi connectivity index (χ1v) is 7.85. The first-order valence-electron chi connectivity index (χ1n) is 7.85. The third kappa shape index (κ3) is 4.78. The van der Waals surface area contributed by atoms with Crippen molar-refractivity contribution in [1.82, 2.24) is 16.0 Å². The summed E-state index contributed by atoms with van der Waals surface area (Å²) in [7, 11) is 0. The zero-order chi connectivity index (χ0) is 14.5. The zero-order valence-electron chi connectivity index (χ0n) is 12.6. The molecule has 0 aromatic heterocycles. The van der Waals surface area contributed by atoms with Crippen molar-refractivity contribution in [2.75, 3.05) is 6.54 Å². The van der Waals surface area contributed by atoms with Gasteiger partial charge >= 0.3 is 0 Å². The maximum absolute atomic E-state index is 11.9. The second kappa shape index (κ2) is 7.07. The quantitative estimate of drug-likeness (QED) is 0.678. The second-order valence-corrected chi connectivity index (χ2v) is 6.57. The van der Waals surface area contributed by atoms with Gasteiger partial charge in [-0.15, -0.1) is 0 Å². The summed E-state index contributed by atoms with van der Waals surface area (Å²) < 4.78 is 0. The van der Waals surface area contributed by atoms with E-state index in [-0.39, 0.29) is 11.8 Å². The summed E-state index contributed by atoms with van der Waals surface area (Å²) in [4.78, 5) is 23.3. The minimum absolute atomic E-state index is 0.0349. The van der Waals surface area contributed by atoms with Crippen LogP contribution in [0.2, 0.25) is 0 Å². The van der Waals surface area contributed by atoms with E-state index in [2.05, 4.69) is 16.0 Å². The first-order chi connectivity index (χ1) is 9.52. The lowest BCUT2D eigenvalue weighted by atomic mass is 10.00. The van der Waals surface area contributed by atoms with Crippen LogP contribution in [-0.4, -0.2) is 36.5 Å². The average molecular weight is 281 g/mol. The van der Waals surface area contributed by atoms with Crippen molar-refractivity contribution in [2.45, 2.75) is 70.5 Å². The predicted octanol–water partition coefficient (Wildman–Crippen LogP) is 0.938. The van der Waals surface area contributed by atoms with Gasteiger partial charge in [-0.2, -0.15) is 0 Å². The molecule has 2 aliphatic rings. The molecule has 2 heterocycles. The van der Waals surface area contributed by atoms with Gasteiger partial charge in [0.1, 0.15) is 0 Å². The Morgan fingerprint density at radius 1 is 1.15 bits per heavy atom. The fraction of sp³-hybridized carbons (Fsp3) is 0.867. The number of fused-ring (bicyclic) bond motifs is 2. The number of rotatable bonds is 6. The van der Waals surface area contributed by atoms with Crippen LogP contribution in [0.4, 0.5) is 0 Å². The van der Waals surface area contributed by atoms with Crippen LogP contribution >= 0.6 is 0 Å². The van der Waals surface area contributed by atoms with Crippen LogP contribution in [0.25, 0.3) is 0 Å². The Hall–Kier alpha value is -1.10. The van der Waals surface area contributed by atoms with Gasteiger partial charge in [-0.25, -0.2) is 0 Å². The molecule has 2 unspecified atom stereocenters. The number of hydrogen-bond acceptors (Lipinski definition) is 3. The molecule has 2 fully saturated rings. The van der Waals surface area contributed by atoms with E-state index in [4.69, 9.17) is 0 Å². The Bertz CT molecular complexity index is 345. The molecule has 0 radical (unpaired) electrons.